The number of amides is 1. The van der Waals surface area contributed by atoms with Crippen LogP contribution < -0.4 is 11.2 Å². The molecule has 2 aromatic rings. The quantitative estimate of drug-likeness (QED) is 0.825. The summed E-state index contributed by atoms with van der Waals surface area (Å²) in [6, 6.07) is 7.20. The minimum absolute atomic E-state index is 0.238. The normalized spacial score (nSPS) is 10.7. The Bertz CT molecular complexity index is 867. The number of hydrogen-bond donors (Lipinski definition) is 0. The Morgan fingerprint density at radius 2 is 1.96 bits per heavy atom. The Morgan fingerprint density at radius 1 is 1.25 bits per heavy atom. The lowest BCUT2D eigenvalue weighted by atomic mass is 10.2. The third-order valence-electron chi connectivity index (χ3n) is 3.78. The maximum atomic E-state index is 12.6. The van der Waals surface area contributed by atoms with Gasteiger partial charge in [0, 0.05) is 20.1 Å². The van der Waals surface area contributed by atoms with Crippen LogP contribution in [0.3, 0.4) is 0 Å². The average molecular weight is 330 g/mol. The van der Waals surface area contributed by atoms with E-state index in [1.165, 1.54) is 4.90 Å². The summed E-state index contributed by atoms with van der Waals surface area (Å²) in [4.78, 5) is 39.0. The Kier molecular flexibility index (Phi) is 5.33. The van der Waals surface area contributed by atoms with Gasteiger partial charge in [0.15, 0.2) is 0 Å². The van der Waals surface area contributed by atoms with Crippen LogP contribution in [-0.2, 0) is 6.54 Å². The van der Waals surface area contributed by atoms with E-state index in [4.69, 9.17) is 0 Å². The van der Waals surface area contributed by atoms with E-state index in [1.807, 2.05) is 19.9 Å². The highest BCUT2D eigenvalue weighted by atomic mass is 16.2. The van der Waals surface area contributed by atoms with Crippen molar-refractivity contribution < 1.29 is 4.79 Å². The highest BCUT2D eigenvalue weighted by molar-refractivity contribution is 5.91. The zero-order chi connectivity index (χ0) is 17.9. The molecule has 0 aliphatic carbocycles. The fraction of sp³-hybridized carbons (Fsp3) is 0.412. The molecule has 24 heavy (non-hydrogen) atoms. The standard InChI is InChI=1S/C17H22N4O3/c1-5-10-20-16(23)14(15(22)19(4)6-2)18-21(17(20)24)13-9-7-8-12(3)11-13/h7-9,11H,5-6,10H2,1-4H3. The Hall–Kier alpha value is -2.70. The first kappa shape index (κ1) is 17.7. The van der Waals surface area contributed by atoms with Crippen LogP contribution >= 0.6 is 0 Å². The predicted octanol–water partition coefficient (Wildman–Crippen LogP) is 1.20. The first-order valence-corrected chi connectivity index (χ1v) is 7.97. The summed E-state index contributed by atoms with van der Waals surface area (Å²) >= 11 is 0. The van der Waals surface area contributed by atoms with E-state index in [0.29, 0.717) is 18.7 Å². The maximum Gasteiger partial charge on any atom is 0.352 e. The van der Waals surface area contributed by atoms with Gasteiger partial charge in [-0.25, -0.2) is 4.79 Å². The first-order valence-electron chi connectivity index (χ1n) is 7.97. The zero-order valence-corrected chi connectivity index (χ0v) is 14.4. The van der Waals surface area contributed by atoms with E-state index >= 15 is 0 Å². The summed E-state index contributed by atoms with van der Waals surface area (Å²) in [5.74, 6) is -0.492. The molecule has 0 radical (unpaired) electrons. The van der Waals surface area contributed by atoms with E-state index in [0.717, 1.165) is 14.8 Å². The second kappa shape index (κ2) is 7.25. The van der Waals surface area contributed by atoms with Crippen molar-refractivity contribution in [1.82, 2.24) is 19.2 Å². The molecule has 0 bridgehead atoms. The van der Waals surface area contributed by atoms with E-state index in [9.17, 15) is 14.4 Å². The number of rotatable bonds is 5. The van der Waals surface area contributed by atoms with Crippen molar-refractivity contribution in [3.8, 4) is 5.69 Å². The van der Waals surface area contributed by atoms with Gasteiger partial charge in [0.1, 0.15) is 0 Å². The van der Waals surface area contributed by atoms with E-state index in [-0.39, 0.29) is 12.2 Å². The van der Waals surface area contributed by atoms with Gasteiger partial charge in [-0.3, -0.25) is 14.2 Å². The van der Waals surface area contributed by atoms with Gasteiger partial charge in [-0.05, 0) is 38.0 Å². The highest BCUT2D eigenvalue weighted by Gasteiger charge is 2.22. The van der Waals surface area contributed by atoms with Gasteiger partial charge in [0.25, 0.3) is 11.5 Å². The molecular weight excluding hydrogens is 308 g/mol. The van der Waals surface area contributed by atoms with Crippen molar-refractivity contribution in [3.63, 3.8) is 0 Å². The second-order valence-corrected chi connectivity index (χ2v) is 5.66. The lowest BCUT2D eigenvalue weighted by Crippen LogP contribution is -2.46. The fourth-order valence-electron chi connectivity index (χ4n) is 2.32. The highest BCUT2D eigenvalue weighted by Crippen LogP contribution is 2.07. The molecule has 0 fully saturated rings. The molecule has 0 spiro atoms. The van der Waals surface area contributed by atoms with Crippen LogP contribution in [0.4, 0.5) is 0 Å². The number of aromatic nitrogens is 3. The SMILES string of the molecule is CCCn1c(=O)c(C(=O)N(C)CC)nn(-c2cccc(C)c2)c1=O. The minimum atomic E-state index is -0.643. The van der Waals surface area contributed by atoms with Gasteiger partial charge < -0.3 is 4.90 Å². The lowest BCUT2D eigenvalue weighted by molar-refractivity contribution is 0.0791. The van der Waals surface area contributed by atoms with Crippen LogP contribution in [0, 0.1) is 6.92 Å². The monoisotopic (exact) mass is 330 g/mol. The molecule has 0 aliphatic rings. The first-order chi connectivity index (χ1) is 11.4. The second-order valence-electron chi connectivity index (χ2n) is 5.66. The van der Waals surface area contributed by atoms with Crippen molar-refractivity contribution in [2.24, 2.45) is 0 Å². The Morgan fingerprint density at radius 3 is 2.54 bits per heavy atom. The van der Waals surface area contributed by atoms with Gasteiger partial charge in [-0.15, -0.1) is 0 Å². The molecule has 2 rings (SSSR count). The molecule has 0 atom stereocenters. The molecule has 1 amide bonds. The number of aryl methyl sites for hydroxylation is 1. The van der Waals surface area contributed by atoms with Gasteiger partial charge in [0.2, 0.25) is 5.69 Å². The molecule has 7 nitrogen and oxygen atoms in total. The minimum Gasteiger partial charge on any atom is -0.340 e. The molecule has 0 saturated carbocycles. The van der Waals surface area contributed by atoms with Crippen molar-refractivity contribution in [1.29, 1.82) is 0 Å². The lowest BCUT2D eigenvalue weighted by Gasteiger charge is -2.16. The molecule has 1 aromatic heterocycles. The van der Waals surface area contributed by atoms with Crippen LogP contribution in [0.1, 0.15) is 36.3 Å². The predicted molar refractivity (Wildman–Crippen MR) is 91.8 cm³/mol. The number of hydrogen-bond acceptors (Lipinski definition) is 4. The van der Waals surface area contributed by atoms with Crippen LogP contribution in [0.5, 0.6) is 0 Å². The number of nitrogens with zero attached hydrogens (tertiary/aromatic N) is 4. The van der Waals surface area contributed by atoms with Crippen LogP contribution in [-0.4, -0.2) is 38.7 Å². The van der Waals surface area contributed by atoms with Crippen molar-refractivity contribution in [2.75, 3.05) is 13.6 Å². The van der Waals surface area contributed by atoms with Gasteiger partial charge >= 0.3 is 5.69 Å². The molecule has 0 unspecified atom stereocenters. The van der Waals surface area contributed by atoms with Gasteiger partial charge in [0.05, 0.1) is 5.69 Å². The largest absolute Gasteiger partial charge is 0.352 e. The molecular formula is C17H22N4O3. The molecule has 1 heterocycles. The summed E-state index contributed by atoms with van der Waals surface area (Å²) in [5, 5.41) is 4.07. The fourth-order valence-corrected chi connectivity index (χ4v) is 2.32. The molecule has 128 valence electrons. The Labute approximate surface area is 140 Å². The smallest absolute Gasteiger partial charge is 0.340 e. The number of carbonyl (C=O) groups excluding carboxylic acids is 1. The summed E-state index contributed by atoms with van der Waals surface area (Å²) < 4.78 is 2.20. The van der Waals surface area contributed by atoms with E-state index in [1.54, 1.807) is 32.2 Å². The van der Waals surface area contributed by atoms with Gasteiger partial charge in [-0.1, -0.05) is 19.1 Å². The van der Waals surface area contributed by atoms with Crippen LogP contribution in [0.25, 0.3) is 5.69 Å². The van der Waals surface area contributed by atoms with Gasteiger partial charge in [-0.2, -0.15) is 9.78 Å². The van der Waals surface area contributed by atoms with Crippen LogP contribution in [0.15, 0.2) is 33.9 Å². The molecule has 0 saturated heterocycles. The summed E-state index contributed by atoms with van der Waals surface area (Å²) in [5.41, 5.74) is 0.0548. The summed E-state index contributed by atoms with van der Waals surface area (Å²) in [6.45, 7) is 6.25. The Balaban J connectivity index is 2.76. The third-order valence-corrected chi connectivity index (χ3v) is 3.78. The van der Waals surface area contributed by atoms with E-state index < -0.39 is 17.2 Å². The number of carbonyl (C=O) groups is 1. The maximum absolute atomic E-state index is 12.6. The number of benzene rings is 1. The van der Waals surface area contributed by atoms with Crippen LogP contribution in [0.2, 0.25) is 0 Å². The summed E-state index contributed by atoms with van der Waals surface area (Å²) in [6.07, 6.45) is 0.601. The molecule has 0 aliphatic heterocycles. The average Bonchev–Trinajstić information content (AvgIpc) is 2.57. The van der Waals surface area contributed by atoms with Crippen molar-refractivity contribution in [3.05, 3.63) is 56.4 Å². The topological polar surface area (TPSA) is 77.2 Å². The molecule has 0 N–H and O–H groups in total. The van der Waals surface area contributed by atoms with Crippen molar-refractivity contribution in [2.45, 2.75) is 33.7 Å². The zero-order valence-electron chi connectivity index (χ0n) is 14.4. The summed E-state index contributed by atoms with van der Waals surface area (Å²) in [7, 11) is 1.59. The van der Waals surface area contributed by atoms with Crippen molar-refractivity contribution >= 4 is 5.91 Å². The molecule has 7 heteroatoms. The molecule has 1 aromatic carbocycles. The third kappa shape index (κ3) is 3.29. The van der Waals surface area contributed by atoms with E-state index in [2.05, 4.69) is 5.10 Å².